The van der Waals surface area contributed by atoms with Crippen molar-refractivity contribution in [2.24, 2.45) is 0 Å². The molecule has 2 rings (SSSR count). The van der Waals surface area contributed by atoms with Gasteiger partial charge >= 0.3 is 11.9 Å². The van der Waals surface area contributed by atoms with E-state index in [4.69, 9.17) is 9.84 Å². The zero-order valence-corrected chi connectivity index (χ0v) is 11.6. The van der Waals surface area contributed by atoms with E-state index < -0.39 is 11.9 Å². The Morgan fingerprint density at radius 2 is 1.62 bits per heavy atom. The van der Waals surface area contributed by atoms with Gasteiger partial charge in [0.25, 0.3) is 0 Å². The fraction of sp³-hybridized carbons (Fsp3) is 0.125. The Kier molecular flexibility index (Phi) is 3.93. The summed E-state index contributed by atoms with van der Waals surface area (Å²) in [7, 11) is 0. The molecular weight excluding hydrogens is 272 g/mol. The maximum atomic E-state index is 12.1. The number of ether oxygens (including phenoxy) is 1. The van der Waals surface area contributed by atoms with Gasteiger partial charge in [0.2, 0.25) is 0 Å². The van der Waals surface area contributed by atoms with Gasteiger partial charge in [0.1, 0.15) is 17.1 Å². The summed E-state index contributed by atoms with van der Waals surface area (Å²) in [6.45, 7) is 3.34. The van der Waals surface area contributed by atoms with Crippen LogP contribution in [0.15, 0.2) is 36.4 Å². The van der Waals surface area contributed by atoms with Gasteiger partial charge in [-0.2, -0.15) is 0 Å². The summed E-state index contributed by atoms with van der Waals surface area (Å²) in [5.41, 5.74) is 1.27. The number of carbonyl (C=O) groups is 2. The number of hydrogen-bond donors (Lipinski definition) is 2. The van der Waals surface area contributed by atoms with Gasteiger partial charge in [0.05, 0.1) is 5.56 Å². The van der Waals surface area contributed by atoms with E-state index in [0.29, 0.717) is 11.1 Å². The monoisotopic (exact) mass is 286 g/mol. The first-order valence-corrected chi connectivity index (χ1v) is 6.25. The third-order valence-corrected chi connectivity index (χ3v) is 3.05. The minimum absolute atomic E-state index is 0.0154. The third kappa shape index (κ3) is 3.02. The molecule has 21 heavy (non-hydrogen) atoms. The predicted molar refractivity (Wildman–Crippen MR) is 75.9 cm³/mol. The van der Waals surface area contributed by atoms with Crippen LogP contribution in [0.5, 0.6) is 11.5 Å². The van der Waals surface area contributed by atoms with Crippen LogP contribution in [0.25, 0.3) is 0 Å². The molecule has 0 saturated heterocycles. The summed E-state index contributed by atoms with van der Waals surface area (Å²) in [6.07, 6.45) is 0. The number of aryl methyl sites for hydroxylation is 2. The van der Waals surface area contributed by atoms with Crippen LogP contribution in [0.1, 0.15) is 31.8 Å². The van der Waals surface area contributed by atoms with Crippen LogP contribution >= 0.6 is 0 Å². The Labute approximate surface area is 121 Å². The lowest BCUT2D eigenvalue weighted by Crippen LogP contribution is -2.12. The van der Waals surface area contributed by atoms with Crippen molar-refractivity contribution in [2.45, 2.75) is 13.8 Å². The van der Waals surface area contributed by atoms with Gasteiger partial charge in [-0.05, 0) is 49.2 Å². The number of benzene rings is 2. The molecular formula is C16H14O5. The molecule has 2 aromatic rings. The van der Waals surface area contributed by atoms with Crippen LogP contribution in [0.4, 0.5) is 0 Å². The second kappa shape index (κ2) is 5.66. The van der Waals surface area contributed by atoms with Crippen molar-refractivity contribution < 1.29 is 24.5 Å². The molecule has 0 fully saturated rings. The molecule has 2 N–H and O–H groups in total. The molecule has 0 aliphatic rings. The fourth-order valence-corrected chi connectivity index (χ4v) is 1.96. The van der Waals surface area contributed by atoms with Gasteiger partial charge in [0, 0.05) is 0 Å². The van der Waals surface area contributed by atoms with Gasteiger partial charge in [0.15, 0.2) is 0 Å². The SMILES string of the molecule is Cc1cc(C(=O)Oc2ccccc2C(=O)O)cc(C)c1O. The number of hydrogen-bond acceptors (Lipinski definition) is 4. The minimum atomic E-state index is -1.17. The number of carboxylic acids is 1. The topological polar surface area (TPSA) is 83.8 Å². The van der Waals surface area contributed by atoms with Crippen molar-refractivity contribution in [1.29, 1.82) is 0 Å². The Hall–Kier alpha value is -2.82. The Morgan fingerprint density at radius 1 is 1.05 bits per heavy atom. The summed E-state index contributed by atoms with van der Waals surface area (Å²) in [5.74, 6) is -1.73. The number of phenolic OH excluding ortho intramolecular Hbond substituents is 1. The molecule has 0 atom stereocenters. The molecule has 0 heterocycles. The maximum Gasteiger partial charge on any atom is 0.343 e. The Morgan fingerprint density at radius 3 is 2.19 bits per heavy atom. The molecule has 0 spiro atoms. The standard InChI is InChI=1S/C16H14O5/c1-9-7-11(8-10(2)14(9)17)16(20)21-13-6-4-3-5-12(13)15(18)19/h3-8,17H,1-2H3,(H,18,19). The largest absolute Gasteiger partial charge is 0.507 e. The lowest BCUT2D eigenvalue weighted by Gasteiger charge is -2.09. The first kappa shape index (κ1) is 14.6. The fourth-order valence-electron chi connectivity index (χ4n) is 1.96. The first-order valence-electron chi connectivity index (χ1n) is 6.25. The zero-order valence-electron chi connectivity index (χ0n) is 11.6. The number of esters is 1. The number of aromatic hydroxyl groups is 1. The van der Waals surface area contributed by atoms with Crippen molar-refractivity contribution >= 4 is 11.9 Å². The van der Waals surface area contributed by atoms with Gasteiger partial charge in [-0.15, -0.1) is 0 Å². The molecule has 5 heteroatoms. The first-order chi connectivity index (χ1) is 9.90. The summed E-state index contributed by atoms with van der Waals surface area (Å²) in [4.78, 5) is 23.2. The number of rotatable bonds is 3. The molecule has 0 aliphatic carbocycles. The van der Waals surface area contributed by atoms with Crippen molar-refractivity contribution in [3.63, 3.8) is 0 Å². The average molecular weight is 286 g/mol. The highest BCUT2D eigenvalue weighted by Crippen LogP contribution is 2.25. The van der Waals surface area contributed by atoms with Gasteiger partial charge in [-0.25, -0.2) is 9.59 Å². The van der Waals surface area contributed by atoms with Crippen molar-refractivity contribution in [2.75, 3.05) is 0 Å². The number of phenols is 1. The summed E-state index contributed by atoms with van der Waals surface area (Å²) >= 11 is 0. The maximum absolute atomic E-state index is 12.1. The van der Waals surface area contributed by atoms with Gasteiger partial charge < -0.3 is 14.9 Å². The van der Waals surface area contributed by atoms with Crippen molar-refractivity contribution in [3.8, 4) is 11.5 Å². The second-order valence-electron chi connectivity index (χ2n) is 4.65. The number of aromatic carboxylic acids is 1. The molecule has 0 radical (unpaired) electrons. The van der Waals surface area contributed by atoms with E-state index in [2.05, 4.69) is 0 Å². The van der Waals surface area contributed by atoms with E-state index >= 15 is 0 Å². The molecule has 0 aliphatic heterocycles. The van der Waals surface area contributed by atoms with Crippen molar-refractivity contribution in [1.82, 2.24) is 0 Å². The van der Waals surface area contributed by atoms with Crippen LogP contribution in [0.3, 0.4) is 0 Å². The van der Waals surface area contributed by atoms with E-state index in [-0.39, 0.29) is 22.6 Å². The second-order valence-corrected chi connectivity index (χ2v) is 4.65. The van der Waals surface area contributed by atoms with E-state index in [1.165, 1.54) is 24.3 Å². The lowest BCUT2D eigenvalue weighted by atomic mass is 10.1. The highest BCUT2D eigenvalue weighted by Gasteiger charge is 2.16. The van der Waals surface area contributed by atoms with E-state index in [0.717, 1.165) is 0 Å². The number of carbonyl (C=O) groups excluding carboxylic acids is 1. The summed E-state index contributed by atoms with van der Waals surface area (Å²) in [6, 6.07) is 8.90. The molecule has 0 unspecified atom stereocenters. The van der Waals surface area contributed by atoms with Gasteiger partial charge in [-0.3, -0.25) is 0 Å². The average Bonchev–Trinajstić information content (AvgIpc) is 2.44. The number of para-hydroxylation sites is 1. The van der Waals surface area contributed by atoms with Crippen LogP contribution in [0, 0.1) is 13.8 Å². The highest BCUT2D eigenvalue weighted by molar-refractivity contribution is 5.95. The molecule has 0 saturated carbocycles. The smallest absolute Gasteiger partial charge is 0.343 e. The summed E-state index contributed by atoms with van der Waals surface area (Å²) < 4.78 is 5.14. The minimum Gasteiger partial charge on any atom is -0.507 e. The number of carboxylic acid groups (broad SMARTS) is 1. The van der Waals surface area contributed by atoms with Crippen LogP contribution in [0.2, 0.25) is 0 Å². The molecule has 0 aromatic heterocycles. The Balaban J connectivity index is 2.33. The Bertz CT molecular complexity index is 695. The summed E-state index contributed by atoms with van der Waals surface area (Å²) in [5, 5.41) is 18.7. The highest BCUT2D eigenvalue weighted by atomic mass is 16.5. The van der Waals surface area contributed by atoms with Crippen molar-refractivity contribution in [3.05, 3.63) is 58.7 Å². The lowest BCUT2D eigenvalue weighted by molar-refractivity contribution is 0.0681. The van der Waals surface area contributed by atoms with Crippen LogP contribution < -0.4 is 4.74 Å². The van der Waals surface area contributed by atoms with Crippen LogP contribution in [-0.4, -0.2) is 22.2 Å². The quantitative estimate of drug-likeness (QED) is 0.669. The van der Waals surface area contributed by atoms with Gasteiger partial charge in [-0.1, -0.05) is 12.1 Å². The molecule has 0 bridgehead atoms. The van der Waals surface area contributed by atoms with Crippen LogP contribution in [-0.2, 0) is 0 Å². The van der Waals surface area contributed by atoms with E-state index in [1.54, 1.807) is 26.0 Å². The third-order valence-electron chi connectivity index (χ3n) is 3.05. The normalized spacial score (nSPS) is 10.2. The molecule has 0 amide bonds. The molecule has 108 valence electrons. The molecule has 5 nitrogen and oxygen atoms in total. The zero-order chi connectivity index (χ0) is 15.6. The predicted octanol–water partition coefficient (Wildman–Crippen LogP) is 2.93. The van der Waals surface area contributed by atoms with E-state index in [9.17, 15) is 14.7 Å². The molecule has 2 aromatic carbocycles. The van der Waals surface area contributed by atoms with E-state index in [1.807, 2.05) is 0 Å².